The maximum atomic E-state index is 11.5. The molecule has 18 heavy (non-hydrogen) atoms. The molecule has 0 saturated carbocycles. The van der Waals surface area contributed by atoms with Crippen LogP contribution in [0.2, 0.25) is 0 Å². The van der Waals surface area contributed by atoms with Crippen LogP contribution in [-0.2, 0) is 4.79 Å². The van der Waals surface area contributed by atoms with Gasteiger partial charge in [-0.05, 0) is 12.0 Å². The van der Waals surface area contributed by atoms with Gasteiger partial charge in [0.15, 0.2) is 0 Å². The van der Waals surface area contributed by atoms with Crippen molar-refractivity contribution in [1.29, 1.82) is 0 Å². The summed E-state index contributed by atoms with van der Waals surface area (Å²) in [6.07, 6.45) is 7.78. The quantitative estimate of drug-likeness (QED) is 0.549. The highest BCUT2D eigenvalue weighted by atomic mass is 16.2. The minimum absolute atomic E-state index is 0.0422. The standard InChI is InChI=1S/C16H23NO/c1-4-5-6-10-13-16(17(3)14(2)18)15-11-8-7-9-12-15/h7-13,16H,4-6H2,1-3H3/b13-10+. The molecule has 0 bridgehead atoms. The van der Waals surface area contributed by atoms with Crippen molar-refractivity contribution in [3.05, 3.63) is 48.0 Å². The van der Waals surface area contributed by atoms with E-state index in [2.05, 4.69) is 31.2 Å². The zero-order chi connectivity index (χ0) is 13.4. The van der Waals surface area contributed by atoms with Crippen LogP contribution in [0.15, 0.2) is 42.5 Å². The Hall–Kier alpha value is -1.57. The molecule has 0 aromatic heterocycles. The third-order valence-electron chi connectivity index (χ3n) is 3.10. The first kappa shape index (κ1) is 14.5. The number of allylic oxidation sites excluding steroid dienone is 1. The Morgan fingerprint density at radius 2 is 2.00 bits per heavy atom. The molecular weight excluding hydrogens is 222 g/mol. The van der Waals surface area contributed by atoms with E-state index in [-0.39, 0.29) is 11.9 Å². The lowest BCUT2D eigenvalue weighted by atomic mass is 10.0. The van der Waals surface area contributed by atoms with Crippen LogP contribution in [0.1, 0.15) is 44.7 Å². The molecule has 0 fully saturated rings. The van der Waals surface area contributed by atoms with Crippen molar-refractivity contribution < 1.29 is 4.79 Å². The molecule has 0 heterocycles. The normalized spacial score (nSPS) is 12.6. The van der Waals surface area contributed by atoms with Crippen LogP contribution in [0.5, 0.6) is 0 Å². The zero-order valence-electron chi connectivity index (χ0n) is 11.6. The fraction of sp³-hybridized carbons (Fsp3) is 0.438. The van der Waals surface area contributed by atoms with E-state index in [4.69, 9.17) is 0 Å². The monoisotopic (exact) mass is 245 g/mol. The lowest BCUT2D eigenvalue weighted by Gasteiger charge is -2.25. The largest absolute Gasteiger partial charge is 0.335 e. The Labute approximate surface area is 110 Å². The van der Waals surface area contributed by atoms with Gasteiger partial charge in [-0.3, -0.25) is 4.79 Å². The number of likely N-dealkylation sites (N-methyl/N-ethyl adjacent to an activating group) is 1. The lowest BCUT2D eigenvalue weighted by Crippen LogP contribution is -2.27. The number of hydrogen-bond donors (Lipinski definition) is 0. The van der Waals surface area contributed by atoms with Gasteiger partial charge in [-0.2, -0.15) is 0 Å². The van der Waals surface area contributed by atoms with Gasteiger partial charge in [0.05, 0.1) is 6.04 Å². The SMILES string of the molecule is CCCC/C=C/C(c1ccccc1)N(C)C(C)=O. The highest BCUT2D eigenvalue weighted by Gasteiger charge is 2.15. The van der Waals surface area contributed by atoms with Crippen molar-refractivity contribution in [3.63, 3.8) is 0 Å². The van der Waals surface area contributed by atoms with E-state index in [0.29, 0.717) is 0 Å². The molecule has 1 rings (SSSR count). The molecule has 0 N–H and O–H groups in total. The summed E-state index contributed by atoms with van der Waals surface area (Å²) in [7, 11) is 1.85. The molecule has 0 radical (unpaired) electrons. The third kappa shape index (κ3) is 4.36. The van der Waals surface area contributed by atoms with Crippen LogP contribution >= 0.6 is 0 Å². The van der Waals surface area contributed by atoms with Gasteiger partial charge < -0.3 is 4.90 Å². The summed E-state index contributed by atoms with van der Waals surface area (Å²) in [4.78, 5) is 13.3. The topological polar surface area (TPSA) is 20.3 Å². The Morgan fingerprint density at radius 3 is 2.56 bits per heavy atom. The highest BCUT2D eigenvalue weighted by Crippen LogP contribution is 2.21. The van der Waals surface area contributed by atoms with E-state index in [9.17, 15) is 4.79 Å². The van der Waals surface area contributed by atoms with Crippen molar-refractivity contribution in [1.82, 2.24) is 4.90 Å². The number of hydrogen-bond acceptors (Lipinski definition) is 1. The molecule has 1 aromatic rings. The number of carbonyl (C=O) groups is 1. The van der Waals surface area contributed by atoms with Crippen molar-refractivity contribution in [2.24, 2.45) is 0 Å². The Bertz CT molecular complexity index is 383. The van der Waals surface area contributed by atoms with Gasteiger partial charge in [0.25, 0.3) is 0 Å². The second kappa shape index (κ2) is 7.70. The molecule has 1 aromatic carbocycles. The fourth-order valence-electron chi connectivity index (χ4n) is 1.86. The predicted octanol–water partition coefficient (Wildman–Crippen LogP) is 3.95. The van der Waals surface area contributed by atoms with E-state index < -0.39 is 0 Å². The van der Waals surface area contributed by atoms with E-state index in [0.717, 1.165) is 12.0 Å². The van der Waals surface area contributed by atoms with E-state index in [1.165, 1.54) is 12.8 Å². The van der Waals surface area contributed by atoms with Crippen LogP contribution in [0, 0.1) is 0 Å². The summed E-state index contributed by atoms with van der Waals surface area (Å²) in [5.74, 6) is 0.0870. The summed E-state index contributed by atoms with van der Waals surface area (Å²) in [5.41, 5.74) is 1.16. The number of nitrogens with zero attached hydrogens (tertiary/aromatic N) is 1. The van der Waals surface area contributed by atoms with Gasteiger partial charge in [-0.25, -0.2) is 0 Å². The molecule has 0 aliphatic heterocycles. The van der Waals surface area contributed by atoms with Gasteiger partial charge in [-0.15, -0.1) is 0 Å². The maximum absolute atomic E-state index is 11.5. The molecule has 2 nitrogen and oxygen atoms in total. The highest BCUT2D eigenvalue weighted by molar-refractivity contribution is 5.73. The maximum Gasteiger partial charge on any atom is 0.219 e. The molecule has 0 saturated heterocycles. The minimum atomic E-state index is 0.0422. The smallest absolute Gasteiger partial charge is 0.219 e. The second-order valence-electron chi connectivity index (χ2n) is 4.56. The number of unbranched alkanes of at least 4 members (excludes halogenated alkanes) is 2. The summed E-state index contributed by atoms with van der Waals surface area (Å²) < 4.78 is 0. The number of carbonyl (C=O) groups excluding carboxylic acids is 1. The fourth-order valence-corrected chi connectivity index (χ4v) is 1.86. The minimum Gasteiger partial charge on any atom is -0.335 e. The van der Waals surface area contributed by atoms with E-state index in [1.54, 1.807) is 11.8 Å². The molecule has 0 aliphatic carbocycles. The summed E-state index contributed by atoms with van der Waals surface area (Å²) in [6.45, 7) is 3.79. The summed E-state index contributed by atoms with van der Waals surface area (Å²) in [6, 6.07) is 10.2. The Kier molecular flexibility index (Phi) is 6.20. The number of rotatable bonds is 6. The number of amides is 1. The third-order valence-corrected chi connectivity index (χ3v) is 3.10. The molecule has 0 aliphatic rings. The molecule has 1 unspecified atom stereocenters. The van der Waals surface area contributed by atoms with Gasteiger partial charge in [0, 0.05) is 14.0 Å². The van der Waals surface area contributed by atoms with Crippen molar-refractivity contribution in [2.75, 3.05) is 7.05 Å². The van der Waals surface area contributed by atoms with Gasteiger partial charge in [-0.1, -0.05) is 62.2 Å². The molecule has 0 spiro atoms. The number of benzene rings is 1. The summed E-state index contributed by atoms with van der Waals surface area (Å²) >= 11 is 0. The molecule has 2 heteroatoms. The van der Waals surface area contributed by atoms with E-state index >= 15 is 0 Å². The van der Waals surface area contributed by atoms with Crippen LogP contribution in [0.4, 0.5) is 0 Å². The van der Waals surface area contributed by atoms with Crippen LogP contribution in [0.3, 0.4) is 0 Å². The molecule has 1 atom stereocenters. The average molecular weight is 245 g/mol. The average Bonchev–Trinajstić information content (AvgIpc) is 2.39. The molecule has 1 amide bonds. The Balaban J connectivity index is 2.82. The molecule has 98 valence electrons. The van der Waals surface area contributed by atoms with Crippen LogP contribution in [0.25, 0.3) is 0 Å². The first-order valence-electron chi connectivity index (χ1n) is 6.61. The molecular formula is C16H23NO. The van der Waals surface area contributed by atoms with Gasteiger partial charge in [0.1, 0.15) is 0 Å². The van der Waals surface area contributed by atoms with Crippen molar-refractivity contribution in [2.45, 2.75) is 39.2 Å². The first-order valence-corrected chi connectivity index (χ1v) is 6.61. The lowest BCUT2D eigenvalue weighted by molar-refractivity contribution is -0.128. The van der Waals surface area contributed by atoms with E-state index in [1.807, 2.05) is 25.2 Å². The van der Waals surface area contributed by atoms with Crippen LogP contribution in [-0.4, -0.2) is 17.9 Å². The van der Waals surface area contributed by atoms with Gasteiger partial charge >= 0.3 is 0 Å². The zero-order valence-corrected chi connectivity index (χ0v) is 11.6. The van der Waals surface area contributed by atoms with Crippen LogP contribution < -0.4 is 0 Å². The first-order chi connectivity index (χ1) is 8.66. The predicted molar refractivity (Wildman–Crippen MR) is 76.3 cm³/mol. The van der Waals surface area contributed by atoms with Crippen molar-refractivity contribution in [3.8, 4) is 0 Å². The Morgan fingerprint density at radius 1 is 1.33 bits per heavy atom. The van der Waals surface area contributed by atoms with Crippen molar-refractivity contribution >= 4 is 5.91 Å². The second-order valence-corrected chi connectivity index (χ2v) is 4.56. The summed E-state index contributed by atoms with van der Waals surface area (Å²) in [5, 5.41) is 0. The van der Waals surface area contributed by atoms with Gasteiger partial charge in [0.2, 0.25) is 5.91 Å².